The lowest BCUT2D eigenvalue weighted by Crippen LogP contribution is -2.46. The van der Waals surface area contributed by atoms with E-state index in [0.29, 0.717) is 23.9 Å². The molecule has 482 valence electrons. The molecular weight excluding hydrogens is 1020 g/mol. The topological polar surface area (TPSA) is 108 Å². The molecule has 0 fully saturated rings. The largest absolute Gasteiger partial charge is 0.756 e. The van der Waals surface area contributed by atoms with Crippen molar-refractivity contribution in [1.82, 2.24) is 5.32 Å². The van der Waals surface area contributed by atoms with Crippen LogP contribution in [0.2, 0.25) is 0 Å². The number of phosphoric acid groups is 1. The molecule has 0 aliphatic heterocycles. The molecule has 0 spiro atoms. The Kier molecular flexibility index (Phi) is 62.7. The van der Waals surface area contributed by atoms with Gasteiger partial charge in [-0.15, -0.1) is 0 Å². The van der Waals surface area contributed by atoms with Crippen LogP contribution in [0.15, 0.2) is 24.3 Å². The molecule has 0 saturated carbocycles. The van der Waals surface area contributed by atoms with Gasteiger partial charge in [0.25, 0.3) is 7.82 Å². The van der Waals surface area contributed by atoms with Crippen LogP contribution < -0.4 is 10.2 Å². The second-order valence-corrected chi connectivity index (χ2v) is 27.7. The molecule has 0 aliphatic carbocycles. The maximum Gasteiger partial charge on any atom is 0.268 e. The summed E-state index contributed by atoms with van der Waals surface area (Å²) in [7, 11) is 1.32. The fraction of sp³-hybridized carbons (Fsp3) is 0.931. The number of aliphatic hydroxyl groups is 1. The van der Waals surface area contributed by atoms with Crippen LogP contribution in [0.3, 0.4) is 0 Å². The summed E-state index contributed by atoms with van der Waals surface area (Å²) in [5.41, 5.74) is 0. The molecule has 81 heavy (non-hydrogen) atoms. The van der Waals surface area contributed by atoms with Crippen LogP contribution >= 0.6 is 7.82 Å². The predicted octanol–water partition coefficient (Wildman–Crippen LogP) is 22.4. The van der Waals surface area contributed by atoms with Gasteiger partial charge in [0, 0.05) is 6.42 Å². The Morgan fingerprint density at radius 1 is 0.432 bits per heavy atom. The number of carbonyl (C=O) groups is 1. The van der Waals surface area contributed by atoms with Gasteiger partial charge in [-0.2, -0.15) is 0 Å². The van der Waals surface area contributed by atoms with Gasteiger partial charge in [-0.25, -0.2) is 0 Å². The van der Waals surface area contributed by atoms with E-state index in [9.17, 15) is 19.4 Å². The minimum Gasteiger partial charge on any atom is -0.756 e. The minimum absolute atomic E-state index is 0.0148. The van der Waals surface area contributed by atoms with Gasteiger partial charge in [0.15, 0.2) is 0 Å². The lowest BCUT2D eigenvalue weighted by atomic mass is 10.0. The molecule has 2 N–H and O–H groups in total. The first-order valence-electron chi connectivity index (χ1n) is 36.2. The summed E-state index contributed by atoms with van der Waals surface area (Å²) in [5, 5.41) is 14.1. The predicted molar refractivity (Wildman–Crippen MR) is 353 cm³/mol. The maximum absolute atomic E-state index is 13.1. The van der Waals surface area contributed by atoms with Gasteiger partial charge in [-0.3, -0.25) is 9.36 Å². The number of hydrogen-bond acceptors (Lipinski definition) is 6. The molecule has 0 aromatic rings. The Hall–Kier alpha value is -1.02. The third kappa shape index (κ3) is 66.4. The Labute approximate surface area is 506 Å². The number of amides is 1. The van der Waals surface area contributed by atoms with Crippen molar-refractivity contribution in [1.29, 1.82) is 0 Å². The molecule has 0 saturated heterocycles. The van der Waals surface area contributed by atoms with Gasteiger partial charge in [0.1, 0.15) is 13.2 Å². The van der Waals surface area contributed by atoms with Gasteiger partial charge in [-0.05, 0) is 44.9 Å². The highest BCUT2D eigenvalue weighted by atomic mass is 31.2. The zero-order chi connectivity index (χ0) is 59.1. The average molecular weight is 1160 g/mol. The highest BCUT2D eigenvalue weighted by Gasteiger charge is 2.24. The van der Waals surface area contributed by atoms with Crippen molar-refractivity contribution in [3.8, 4) is 0 Å². The second-order valence-electron chi connectivity index (χ2n) is 26.3. The monoisotopic (exact) mass is 1160 g/mol. The first-order valence-corrected chi connectivity index (χ1v) is 37.6. The van der Waals surface area contributed by atoms with Crippen molar-refractivity contribution in [2.45, 2.75) is 392 Å². The van der Waals surface area contributed by atoms with E-state index < -0.39 is 20.0 Å². The third-order valence-electron chi connectivity index (χ3n) is 16.9. The lowest BCUT2D eigenvalue weighted by Gasteiger charge is -2.30. The van der Waals surface area contributed by atoms with Crippen LogP contribution in [0.1, 0.15) is 380 Å². The number of unbranched alkanes of at least 4 members (excludes halogenated alkanes) is 51. The Morgan fingerprint density at radius 2 is 0.716 bits per heavy atom. The quantitative estimate of drug-likeness (QED) is 0.0272. The lowest BCUT2D eigenvalue weighted by molar-refractivity contribution is -0.870. The smallest absolute Gasteiger partial charge is 0.268 e. The Balaban J connectivity index is 3.97. The van der Waals surface area contributed by atoms with E-state index in [2.05, 4.69) is 43.5 Å². The normalized spacial score (nSPS) is 13.7. The van der Waals surface area contributed by atoms with E-state index in [1.54, 1.807) is 0 Å². The first-order chi connectivity index (χ1) is 39.5. The van der Waals surface area contributed by atoms with Crippen LogP contribution in [0.5, 0.6) is 0 Å². The van der Waals surface area contributed by atoms with E-state index >= 15 is 0 Å². The van der Waals surface area contributed by atoms with E-state index in [1.807, 2.05) is 21.1 Å². The van der Waals surface area contributed by atoms with Crippen molar-refractivity contribution in [3.05, 3.63) is 24.3 Å². The average Bonchev–Trinajstić information content (AvgIpc) is 3.43. The molecule has 8 nitrogen and oxygen atoms in total. The van der Waals surface area contributed by atoms with E-state index in [0.717, 1.165) is 44.9 Å². The number of carbonyl (C=O) groups excluding carboxylic acids is 1. The molecule has 0 bridgehead atoms. The molecule has 0 radical (unpaired) electrons. The van der Waals surface area contributed by atoms with E-state index in [1.165, 1.54) is 308 Å². The number of hydrogen-bond donors (Lipinski definition) is 2. The summed E-state index contributed by atoms with van der Waals surface area (Å²) in [5.74, 6) is -0.157. The Morgan fingerprint density at radius 3 is 1.02 bits per heavy atom. The van der Waals surface area contributed by atoms with Crippen molar-refractivity contribution < 1.29 is 32.9 Å². The summed E-state index contributed by atoms with van der Waals surface area (Å²) >= 11 is 0. The van der Waals surface area contributed by atoms with Crippen LogP contribution in [-0.2, 0) is 18.4 Å². The summed E-state index contributed by atoms with van der Waals surface area (Å²) in [4.78, 5) is 25.7. The molecule has 0 aromatic heterocycles. The number of rotatable bonds is 68. The summed E-state index contributed by atoms with van der Waals surface area (Å²) in [6.45, 7) is 4.79. The maximum atomic E-state index is 13.1. The number of likely N-dealkylation sites (N-methyl/N-ethyl adjacent to an activating group) is 1. The Bertz CT molecular complexity index is 1370. The number of nitrogens with zero attached hydrogens (tertiary/aromatic N) is 1. The van der Waals surface area contributed by atoms with Gasteiger partial charge < -0.3 is 28.8 Å². The van der Waals surface area contributed by atoms with Gasteiger partial charge in [0.2, 0.25) is 5.91 Å². The standard InChI is InChI=1S/C72H143N2O6P/c1-6-8-10-12-14-16-18-20-22-24-26-28-30-32-33-34-35-36-37-38-39-40-41-42-44-46-48-50-52-54-56-58-60-62-64-66-72(76)73-70(69-80-81(77,78)79-68-67-74(3,4)5)71(75)65-63-61-59-57-55-53-51-49-47-45-43-31-29-27-25-23-21-19-17-15-13-11-9-7-2/h30,32,34-35,70-71,75H,6-29,31,33,36-69H2,1-5H3,(H-,73,76,77,78)/b32-30-,35-34-. The first kappa shape index (κ1) is 80.0. The van der Waals surface area contributed by atoms with E-state index in [-0.39, 0.29) is 19.1 Å². The highest BCUT2D eigenvalue weighted by Crippen LogP contribution is 2.38. The second kappa shape index (κ2) is 63.5. The molecule has 9 heteroatoms. The molecule has 3 atom stereocenters. The van der Waals surface area contributed by atoms with E-state index in [4.69, 9.17) is 9.05 Å². The molecule has 0 rings (SSSR count). The minimum atomic E-state index is -4.58. The van der Waals surface area contributed by atoms with Crippen molar-refractivity contribution in [2.75, 3.05) is 40.9 Å². The van der Waals surface area contributed by atoms with Crippen molar-refractivity contribution in [2.24, 2.45) is 0 Å². The van der Waals surface area contributed by atoms with Gasteiger partial charge in [-0.1, -0.05) is 353 Å². The van der Waals surface area contributed by atoms with Crippen LogP contribution in [-0.4, -0.2) is 68.5 Å². The fourth-order valence-corrected chi connectivity index (χ4v) is 12.0. The molecule has 3 unspecified atom stereocenters. The number of nitrogens with one attached hydrogen (secondary N) is 1. The molecule has 0 heterocycles. The van der Waals surface area contributed by atoms with Crippen LogP contribution in [0, 0.1) is 0 Å². The number of allylic oxidation sites excluding steroid dienone is 4. The van der Waals surface area contributed by atoms with Crippen molar-refractivity contribution in [3.63, 3.8) is 0 Å². The van der Waals surface area contributed by atoms with Crippen LogP contribution in [0.4, 0.5) is 0 Å². The number of aliphatic hydroxyl groups excluding tert-OH is 1. The van der Waals surface area contributed by atoms with Crippen molar-refractivity contribution >= 4 is 13.7 Å². The number of quaternary nitrogens is 1. The third-order valence-corrected chi connectivity index (χ3v) is 17.9. The highest BCUT2D eigenvalue weighted by molar-refractivity contribution is 7.45. The van der Waals surface area contributed by atoms with Gasteiger partial charge >= 0.3 is 0 Å². The molecule has 0 aromatic carbocycles. The zero-order valence-corrected chi connectivity index (χ0v) is 56.2. The molecular formula is C72H143N2O6P. The summed E-state index contributed by atoms with van der Waals surface area (Å²) in [6, 6.07) is -0.800. The molecule has 1 amide bonds. The van der Waals surface area contributed by atoms with Gasteiger partial charge in [0.05, 0.1) is 39.9 Å². The SMILES string of the molecule is CCCCCCCCCCCCC/C=C\C/C=C\CCCCCCCCCCCCCCCCCCCC(=O)NC(COP(=O)([O-])OCC[N+](C)(C)C)C(O)CCCCCCCCCCCCCCCCCCCCCCCCCC. The van der Waals surface area contributed by atoms with Crippen LogP contribution in [0.25, 0.3) is 0 Å². The molecule has 0 aliphatic rings. The summed E-state index contributed by atoms with van der Waals surface area (Å²) < 4.78 is 23.5. The fourth-order valence-electron chi connectivity index (χ4n) is 11.3. The summed E-state index contributed by atoms with van der Waals surface area (Å²) in [6.07, 6.45) is 82.7. The zero-order valence-electron chi connectivity index (χ0n) is 55.3. The number of phosphoric ester groups is 1.